The second-order valence-electron chi connectivity index (χ2n) is 12.6. The molecule has 0 N–H and O–H groups in total. The Hall–Kier alpha value is 0.532. The van der Waals surface area contributed by atoms with E-state index in [1.807, 2.05) is 0 Å². The number of rotatable bonds is 27. The Morgan fingerprint density at radius 3 is 0.853 bits per heavy atom. The molecule has 3 unspecified atom stereocenters. The van der Waals surface area contributed by atoms with Crippen molar-refractivity contribution in [1.82, 2.24) is 0 Å². The van der Waals surface area contributed by atoms with Crippen LogP contribution < -0.4 is 0 Å². The minimum atomic E-state index is -0.617. The molecule has 204 valence electrons. The van der Waals surface area contributed by atoms with Crippen LogP contribution in [0.1, 0.15) is 176 Å². The highest BCUT2D eigenvalue weighted by molar-refractivity contribution is 6.59. The van der Waals surface area contributed by atoms with Crippen molar-refractivity contribution in [3.8, 4) is 0 Å². The molecule has 1 heteroatoms. The summed E-state index contributed by atoms with van der Waals surface area (Å²) in [6.07, 6.45) is 30.7. The van der Waals surface area contributed by atoms with Crippen LogP contribution in [0.4, 0.5) is 0 Å². The van der Waals surface area contributed by atoms with Gasteiger partial charge in [-0.3, -0.25) is 0 Å². The fraction of sp³-hybridized carbons (Fsp3) is 1.00. The summed E-state index contributed by atoms with van der Waals surface area (Å²) < 4.78 is 0. The van der Waals surface area contributed by atoms with E-state index >= 15 is 0 Å². The Morgan fingerprint density at radius 1 is 0.353 bits per heavy atom. The quantitative estimate of drug-likeness (QED) is 0.0789. The van der Waals surface area contributed by atoms with Crippen molar-refractivity contribution < 1.29 is 0 Å². The van der Waals surface area contributed by atoms with Crippen molar-refractivity contribution in [2.24, 2.45) is 17.8 Å². The highest BCUT2D eigenvalue weighted by atomic mass is 27.2. The molecule has 34 heavy (non-hydrogen) atoms. The zero-order valence-electron chi connectivity index (χ0n) is 25.3. The predicted octanol–water partition coefficient (Wildman–Crippen LogP) is 12.6. The van der Waals surface area contributed by atoms with Crippen LogP contribution in [-0.4, -0.2) is 14.1 Å². The smallest absolute Gasteiger partial charge is 0.0913 e. The van der Waals surface area contributed by atoms with E-state index in [1.54, 1.807) is 15.8 Å². The molecular formula is C33H69Al. The summed E-state index contributed by atoms with van der Waals surface area (Å²) in [4.78, 5) is 0. The van der Waals surface area contributed by atoms with Gasteiger partial charge >= 0.3 is 0 Å². The SMILES string of the molecule is CCCCCCCCC(C)[CH2][Al]([CH2]C(C)CCCCCCCC)[CH2]C(C)CCCCCCCC. The minimum Gasteiger partial charge on any atom is -0.0913 e. The van der Waals surface area contributed by atoms with Crippen molar-refractivity contribution in [3.63, 3.8) is 0 Å². The lowest BCUT2D eigenvalue weighted by Gasteiger charge is -2.23. The Morgan fingerprint density at radius 2 is 0.588 bits per heavy atom. The van der Waals surface area contributed by atoms with Gasteiger partial charge in [-0.15, -0.1) is 0 Å². The highest BCUT2D eigenvalue weighted by Crippen LogP contribution is 2.28. The van der Waals surface area contributed by atoms with Gasteiger partial charge < -0.3 is 0 Å². The second kappa shape index (κ2) is 26.6. The second-order valence-corrected chi connectivity index (χ2v) is 15.7. The molecule has 0 rings (SSSR count). The molecule has 0 aliphatic carbocycles. The van der Waals surface area contributed by atoms with Gasteiger partial charge in [-0.1, -0.05) is 210 Å². The number of unbranched alkanes of at least 4 members (excludes halogenated alkanes) is 15. The van der Waals surface area contributed by atoms with Crippen LogP contribution >= 0.6 is 0 Å². The number of hydrogen-bond donors (Lipinski definition) is 0. The lowest BCUT2D eigenvalue weighted by atomic mass is 10.0. The summed E-state index contributed by atoms with van der Waals surface area (Å²) in [6.45, 7) is 14.8. The molecule has 0 bridgehead atoms. The standard InChI is InChI=1S/3C11H23.Al/c3*1-4-5-6-7-8-9-10-11(2)3;/h3*11H,2,4-10H2,1,3H3;. The summed E-state index contributed by atoms with van der Waals surface area (Å²) in [7, 11) is 0. The molecule has 0 saturated carbocycles. The number of hydrogen-bond acceptors (Lipinski definition) is 0. The first kappa shape index (κ1) is 34.5. The molecule has 0 saturated heterocycles. The summed E-state index contributed by atoms with van der Waals surface area (Å²) in [5.41, 5.74) is 0. The third-order valence-corrected chi connectivity index (χ3v) is 12.8. The third-order valence-electron chi connectivity index (χ3n) is 8.36. The van der Waals surface area contributed by atoms with Crippen molar-refractivity contribution in [3.05, 3.63) is 0 Å². The van der Waals surface area contributed by atoms with E-state index in [2.05, 4.69) is 41.5 Å². The van der Waals surface area contributed by atoms with E-state index in [1.165, 1.54) is 135 Å². The molecule has 0 aromatic carbocycles. The first-order valence-electron chi connectivity index (χ1n) is 16.5. The molecule has 0 heterocycles. The van der Waals surface area contributed by atoms with E-state index in [4.69, 9.17) is 0 Å². The van der Waals surface area contributed by atoms with Gasteiger partial charge in [0, 0.05) is 0 Å². The zero-order valence-corrected chi connectivity index (χ0v) is 26.4. The topological polar surface area (TPSA) is 0 Å². The monoisotopic (exact) mass is 493 g/mol. The summed E-state index contributed by atoms with van der Waals surface area (Å²) in [5.74, 6) is 2.97. The maximum atomic E-state index is 2.60. The van der Waals surface area contributed by atoms with Crippen LogP contribution in [-0.2, 0) is 0 Å². The van der Waals surface area contributed by atoms with Crippen LogP contribution in [0, 0.1) is 17.8 Å². The highest BCUT2D eigenvalue weighted by Gasteiger charge is 2.24. The molecule has 0 amide bonds. The van der Waals surface area contributed by atoms with Gasteiger partial charge in [0.2, 0.25) is 0 Å². The van der Waals surface area contributed by atoms with Crippen LogP contribution in [0.2, 0.25) is 15.8 Å². The average Bonchev–Trinajstić information content (AvgIpc) is 2.80. The summed E-state index contributed by atoms with van der Waals surface area (Å²) in [6, 6.07) is 0. The molecule has 0 aromatic heterocycles. The van der Waals surface area contributed by atoms with Crippen molar-refractivity contribution in [2.75, 3.05) is 0 Å². The largest absolute Gasteiger partial charge is 0.262 e. The Kier molecular flexibility index (Phi) is 27.0. The van der Waals surface area contributed by atoms with Crippen molar-refractivity contribution in [1.29, 1.82) is 0 Å². The molecule has 0 aliphatic rings. The van der Waals surface area contributed by atoms with E-state index in [-0.39, 0.29) is 0 Å². The van der Waals surface area contributed by atoms with E-state index in [9.17, 15) is 0 Å². The molecule has 3 atom stereocenters. The zero-order chi connectivity index (χ0) is 25.3. The van der Waals surface area contributed by atoms with Crippen LogP contribution in [0.3, 0.4) is 0 Å². The van der Waals surface area contributed by atoms with Gasteiger partial charge in [-0.25, -0.2) is 0 Å². The van der Waals surface area contributed by atoms with Gasteiger partial charge in [0.15, 0.2) is 0 Å². The molecule has 0 aliphatic heterocycles. The van der Waals surface area contributed by atoms with Crippen LogP contribution in [0.5, 0.6) is 0 Å². The maximum absolute atomic E-state index is 2.60. The van der Waals surface area contributed by atoms with E-state index in [0.29, 0.717) is 0 Å². The van der Waals surface area contributed by atoms with Gasteiger partial charge in [0.25, 0.3) is 14.1 Å². The Balaban J connectivity index is 4.37. The normalized spacial score (nSPS) is 14.3. The van der Waals surface area contributed by atoms with Crippen molar-refractivity contribution in [2.45, 2.75) is 192 Å². The van der Waals surface area contributed by atoms with Gasteiger partial charge in [0.05, 0.1) is 0 Å². The molecule has 0 aromatic rings. The first-order valence-corrected chi connectivity index (χ1v) is 19.0. The summed E-state index contributed by atoms with van der Waals surface area (Å²) >= 11 is -0.617. The fourth-order valence-electron chi connectivity index (χ4n) is 6.17. The van der Waals surface area contributed by atoms with Crippen LogP contribution in [0.15, 0.2) is 0 Å². The van der Waals surface area contributed by atoms with Gasteiger partial charge in [0.1, 0.15) is 0 Å². The Bertz CT molecular complexity index is 322. The van der Waals surface area contributed by atoms with E-state index in [0.717, 1.165) is 17.8 Å². The minimum absolute atomic E-state index is 0.617. The molecular weight excluding hydrogens is 423 g/mol. The summed E-state index contributed by atoms with van der Waals surface area (Å²) in [5, 5.41) is 4.91. The first-order chi connectivity index (χ1) is 16.5. The molecule has 0 nitrogen and oxygen atoms in total. The fourth-order valence-corrected chi connectivity index (χ4v) is 10.9. The van der Waals surface area contributed by atoms with Crippen LogP contribution in [0.25, 0.3) is 0 Å². The van der Waals surface area contributed by atoms with Gasteiger partial charge in [-0.05, 0) is 0 Å². The lowest BCUT2D eigenvalue weighted by Crippen LogP contribution is -2.22. The Labute approximate surface area is 223 Å². The third kappa shape index (κ3) is 24.2. The molecule has 0 spiro atoms. The maximum Gasteiger partial charge on any atom is 0.262 e. The van der Waals surface area contributed by atoms with E-state index < -0.39 is 14.1 Å². The lowest BCUT2D eigenvalue weighted by molar-refractivity contribution is 0.485. The molecule has 0 fully saturated rings. The predicted molar refractivity (Wildman–Crippen MR) is 162 cm³/mol. The molecule has 0 radical (unpaired) electrons. The average molecular weight is 493 g/mol. The van der Waals surface area contributed by atoms with Gasteiger partial charge in [-0.2, -0.15) is 0 Å². The van der Waals surface area contributed by atoms with Crippen molar-refractivity contribution >= 4 is 14.1 Å².